The molecule has 0 aliphatic rings. The van der Waals surface area contributed by atoms with Gasteiger partial charge in [-0.15, -0.1) is 23.2 Å². The topological polar surface area (TPSA) is 8.81 Å². The number of halogens is 3. The van der Waals surface area contributed by atoms with Crippen molar-refractivity contribution < 1.29 is 17.0 Å². The highest BCUT2D eigenvalue weighted by Gasteiger charge is 2.00. The van der Waals surface area contributed by atoms with Gasteiger partial charge in [0.15, 0.2) is 0 Å². The molecule has 2 nitrogen and oxygen atoms in total. The van der Waals surface area contributed by atoms with Crippen LogP contribution in [0, 0.1) is 0 Å². The summed E-state index contributed by atoms with van der Waals surface area (Å²) in [7, 11) is 0. The van der Waals surface area contributed by atoms with Crippen LogP contribution in [0.15, 0.2) is 18.7 Å². The maximum Gasteiger partial charge on any atom is 0.243 e. The standard InChI is InChI=1S/C7H11Cl2N2.ClH/c8-1-3-10-5-6-11(7-10)4-2-9;/h5-7H,1-4H2;1H/q+1;/p-1. The van der Waals surface area contributed by atoms with Crippen LogP contribution in [-0.2, 0) is 13.1 Å². The Kier molecular flexibility index (Phi) is 6.62. The lowest BCUT2D eigenvalue weighted by Gasteiger charge is -1.89. The quantitative estimate of drug-likeness (QED) is 0.428. The summed E-state index contributed by atoms with van der Waals surface area (Å²) in [4.78, 5) is 0. The summed E-state index contributed by atoms with van der Waals surface area (Å²) < 4.78 is 4.08. The van der Waals surface area contributed by atoms with Crippen molar-refractivity contribution in [1.82, 2.24) is 4.57 Å². The van der Waals surface area contributed by atoms with Gasteiger partial charge in [-0.1, -0.05) is 0 Å². The molecule has 1 aromatic heterocycles. The summed E-state index contributed by atoms with van der Waals surface area (Å²) in [5, 5.41) is 0. The van der Waals surface area contributed by atoms with E-state index in [1.807, 2.05) is 27.9 Å². The van der Waals surface area contributed by atoms with Crippen molar-refractivity contribution >= 4 is 23.2 Å². The van der Waals surface area contributed by atoms with Crippen LogP contribution in [0.5, 0.6) is 0 Å². The minimum atomic E-state index is 0. The lowest BCUT2D eigenvalue weighted by atomic mass is 10.7. The van der Waals surface area contributed by atoms with E-state index in [-0.39, 0.29) is 12.4 Å². The van der Waals surface area contributed by atoms with Crippen LogP contribution in [-0.4, -0.2) is 16.3 Å². The highest BCUT2D eigenvalue weighted by atomic mass is 35.5. The molecule has 0 amide bonds. The molecule has 5 heteroatoms. The van der Waals surface area contributed by atoms with Crippen LogP contribution < -0.4 is 17.0 Å². The summed E-state index contributed by atoms with van der Waals surface area (Å²) in [6, 6.07) is 0. The fourth-order valence-electron chi connectivity index (χ4n) is 0.898. The van der Waals surface area contributed by atoms with Crippen molar-refractivity contribution in [1.29, 1.82) is 0 Å². The predicted molar refractivity (Wildman–Crippen MR) is 46.1 cm³/mol. The Bertz CT molecular complexity index is 192. The first kappa shape index (κ1) is 12.1. The molecule has 0 saturated carbocycles. The van der Waals surface area contributed by atoms with E-state index in [9.17, 15) is 0 Å². The average molecular weight is 230 g/mol. The zero-order valence-corrected chi connectivity index (χ0v) is 8.86. The summed E-state index contributed by atoms with van der Waals surface area (Å²) in [6.07, 6.45) is 5.99. The van der Waals surface area contributed by atoms with Crippen LogP contribution in [0.1, 0.15) is 0 Å². The lowest BCUT2D eigenvalue weighted by Crippen LogP contribution is -3.00. The zero-order valence-electron chi connectivity index (χ0n) is 6.59. The summed E-state index contributed by atoms with van der Waals surface area (Å²) in [5.74, 6) is 1.30. The third kappa shape index (κ3) is 3.65. The normalized spacial score (nSPS) is 9.50. The molecule has 0 N–H and O–H groups in total. The second kappa shape index (κ2) is 6.58. The van der Waals surface area contributed by atoms with Gasteiger partial charge in [-0.25, -0.2) is 9.13 Å². The highest BCUT2D eigenvalue weighted by Crippen LogP contribution is 1.86. The van der Waals surface area contributed by atoms with Gasteiger partial charge in [0.1, 0.15) is 25.5 Å². The Morgan fingerprint density at radius 2 is 2.00 bits per heavy atom. The summed E-state index contributed by atoms with van der Waals surface area (Å²) in [5.41, 5.74) is 0. The molecule has 1 heterocycles. The van der Waals surface area contributed by atoms with E-state index in [0.717, 1.165) is 13.1 Å². The molecular formula is C7H11Cl3N2. The Morgan fingerprint density at radius 3 is 2.58 bits per heavy atom. The highest BCUT2D eigenvalue weighted by molar-refractivity contribution is 6.17. The van der Waals surface area contributed by atoms with Gasteiger partial charge in [-0.05, 0) is 0 Å². The van der Waals surface area contributed by atoms with Crippen molar-refractivity contribution in [2.24, 2.45) is 0 Å². The first-order valence-corrected chi connectivity index (χ1v) is 4.60. The monoisotopic (exact) mass is 228 g/mol. The number of aromatic nitrogens is 2. The van der Waals surface area contributed by atoms with Crippen molar-refractivity contribution in [3.8, 4) is 0 Å². The lowest BCUT2D eigenvalue weighted by molar-refractivity contribution is -0.692. The maximum absolute atomic E-state index is 5.57. The van der Waals surface area contributed by atoms with E-state index in [1.54, 1.807) is 0 Å². The van der Waals surface area contributed by atoms with Crippen molar-refractivity contribution in [2.45, 2.75) is 13.1 Å². The van der Waals surface area contributed by atoms with Crippen molar-refractivity contribution in [3.63, 3.8) is 0 Å². The predicted octanol–water partition coefficient (Wildman–Crippen LogP) is -1.74. The second-order valence-electron chi connectivity index (χ2n) is 2.27. The third-order valence-electron chi connectivity index (χ3n) is 1.43. The van der Waals surface area contributed by atoms with Crippen LogP contribution in [0.25, 0.3) is 0 Å². The van der Waals surface area contributed by atoms with Gasteiger partial charge in [-0.3, -0.25) is 0 Å². The Hall–Kier alpha value is 0.0800. The van der Waals surface area contributed by atoms with E-state index in [2.05, 4.69) is 0 Å². The van der Waals surface area contributed by atoms with E-state index in [0.29, 0.717) is 11.8 Å². The van der Waals surface area contributed by atoms with Crippen LogP contribution >= 0.6 is 23.2 Å². The molecule has 0 radical (unpaired) electrons. The van der Waals surface area contributed by atoms with Crippen LogP contribution in [0.3, 0.4) is 0 Å². The number of imidazole rings is 1. The first-order valence-electron chi connectivity index (χ1n) is 3.53. The van der Waals surface area contributed by atoms with Crippen LogP contribution in [0.2, 0.25) is 0 Å². The zero-order chi connectivity index (χ0) is 8.10. The van der Waals surface area contributed by atoms with Gasteiger partial charge in [0.25, 0.3) is 0 Å². The fraction of sp³-hybridized carbons (Fsp3) is 0.571. The smallest absolute Gasteiger partial charge is 0.243 e. The van der Waals surface area contributed by atoms with Gasteiger partial charge in [-0.2, -0.15) is 0 Å². The Balaban J connectivity index is 0.00000121. The molecule has 0 aromatic carbocycles. The molecule has 0 saturated heterocycles. The molecule has 1 rings (SSSR count). The molecule has 0 fully saturated rings. The van der Waals surface area contributed by atoms with E-state index in [4.69, 9.17) is 23.2 Å². The number of hydrogen-bond acceptors (Lipinski definition) is 0. The molecule has 1 aromatic rings. The number of hydrogen-bond donors (Lipinski definition) is 0. The van der Waals surface area contributed by atoms with Gasteiger partial charge in [0.05, 0.1) is 11.8 Å². The first-order chi connectivity index (χ1) is 5.36. The molecule has 0 aliphatic carbocycles. The van der Waals surface area contributed by atoms with Gasteiger partial charge >= 0.3 is 0 Å². The molecule has 0 unspecified atom stereocenters. The number of aryl methyl sites for hydroxylation is 2. The number of alkyl halides is 2. The summed E-state index contributed by atoms with van der Waals surface area (Å²) >= 11 is 11.1. The van der Waals surface area contributed by atoms with E-state index in [1.165, 1.54) is 0 Å². The Labute approximate surface area is 88.5 Å². The molecule has 12 heavy (non-hydrogen) atoms. The van der Waals surface area contributed by atoms with Crippen molar-refractivity contribution in [3.05, 3.63) is 18.7 Å². The molecule has 0 aliphatic heterocycles. The third-order valence-corrected chi connectivity index (χ3v) is 1.77. The minimum Gasteiger partial charge on any atom is -1.00 e. The summed E-state index contributed by atoms with van der Waals surface area (Å²) in [6.45, 7) is 1.72. The van der Waals surface area contributed by atoms with E-state index < -0.39 is 0 Å². The maximum atomic E-state index is 5.57. The second-order valence-corrected chi connectivity index (χ2v) is 3.02. The van der Waals surface area contributed by atoms with Gasteiger partial charge in [0.2, 0.25) is 6.33 Å². The van der Waals surface area contributed by atoms with Crippen molar-refractivity contribution in [2.75, 3.05) is 11.8 Å². The minimum absolute atomic E-state index is 0. The molecule has 0 atom stereocenters. The molecule has 0 bridgehead atoms. The molecule has 70 valence electrons. The number of rotatable bonds is 4. The molecule has 0 spiro atoms. The fourth-order valence-corrected chi connectivity index (χ4v) is 1.29. The Morgan fingerprint density at radius 1 is 1.25 bits per heavy atom. The average Bonchev–Trinajstić information content (AvgIpc) is 2.38. The van der Waals surface area contributed by atoms with E-state index >= 15 is 0 Å². The van der Waals surface area contributed by atoms with Gasteiger partial charge in [0, 0.05) is 0 Å². The van der Waals surface area contributed by atoms with Gasteiger partial charge < -0.3 is 12.4 Å². The largest absolute Gasteiger partial charge is 1.00 e. The SMILES string of the molecule is ClCCn1cc[n+](CCCl)c1.[Cl-]. The van der Waals surface area contributed by atoms with Crippen LogP contribution in [0.4, 0.5) is 0 Å². The number of nitrogens with zero attached hydrogens (tertiary/aromatic N) is 2. The molecular weight excluding hydrogens is 218 g/mol.